The lowest BCUT2D eigenvalue weighted by atomic mass is 10.2. The number of halogens is 2. The highest BCUT2D eigenvalue weighted by molar-refractivity contribution is 7.98. The number of thioether (sulfide) groups is 1. The summed E-state index contributed by atoms with van der Waals surface area (Å²) in [5.74, 6) is -0.429. The van der Waals surface area contributed by atoms with Crippen LogP contribution in [0, 0.1) is 0 Å². The number of nitrogens with one attached hydrogen (secondary N) is 2. The second-order valence-corrected chi connectivity index (χ2v) is 7.32. The summed E-state index contributed by atoms with van der Waals surface area (Å²) in [6.07, 6.45) is 5.39. The maximum absolute atomic E-state index is 12.5. The van der Waals surface area contributed by atoms with E-state index in [0.29, 0.717) is 16.3 Å². The smallest absolute Gasteiger partial charge is 0.290 e. The van der Waals surface area contributed by atoms with Gasteiger partial charge in [-0.05, 0) is 60.9 Å². The van der Waals surface area contributed by atoms with Crippen LogP contribution < -0.4 is 27.6 Å². The van der Waals surface area contributed by atoms with Gasteiger partial charge in [-0.3, -0.25) is 9.59 Å². The van der Waals surface area contributed by atoms with E-state index in [4.69, 9.17) is 11.6 Å². The quantitative estimate of drug-likeness (QED) is 0.441. The molecule has 1 aromatic heterocycles. The average molecular weight is 448 g/mol. The normalized spacial score (nSPS) is 10.0. The van der Waals surface area contributed by atoms with Crippen LogP contribution in [0.4, 0.5) is 11.4 Å². The Morgan fingerprint density at radius 3 is 2.24 bits per heavy atom. The molecule has 0 aliphatic carbocycles. The highest BCUT2D eigenvalue weighted by atomic mass is 35.5. The monoisotopic (exact) mass is 447 g/mol. The second kappa shape index (κ2) is 10.9. The van der Waals surface area contributed by atoms with Crippen molar-refractivity contribution in [1.29, 1.82) is 0 Å². The number of rotatable bonds is 6. The Hall–Kier alpha value is -2.54. The van der Waals surface area contributed by atoms with Crippen LogP contribution in [0.3, 0.4) is 0 Å². The Balaban J connectivity index is 0.00000300. The standard InChI is InChI=1S/C21H18ClN3O2S.ClH/c1-28-19-10-8-18(9-11-19)24-21(27)15-3-2-12-25(13-15)14-20(26)23-17-6-4-16(22)5-7-17;/h2-13H,14H2,1H3,(H-,23,24,26,27);1H. The van der Waals surface area contributed by atoms with E-state index in [1.165, 1.54) is 0 Å². The Morgan fingerprint density at radius 2 is 1.59 bits per heavy atom. The number of aromatic nitrogens is 1. The largest absolute Gasteiger partial charge is 1.00 e. The van der Waals surface area contributed by atoms with Crippen molar-refractivity contribution >= 4 is 46.6 Å². The van der Waals surface area contributed by atoms with Crippen LogP contribution in [0.2, 0.25) is 5.02 Å². The molecule has 29 heavy (non-hydrogen) atoms. The number of carbonyl (C=O) groups excluding carboxylic acids is 2. The van der Waals surface area contributed by atoms with Crippen LogP contribution in [0.25, 0.3) is 0 Å². The third kappa shape index (κ3) is 6.78. The number of pyridine rings is 1. The molecule has 0 radical (unpaired) electrons. The first kappa shape index (κ1) is 22.7. The minimum absolute atomic E-state index is 0. The number of nitrogens with zero attached hydrogens (tertiary/aromatic N) is 1. The fourth-order valence-corrected chi connectivity index (χ4v) is 3.07. The predicted octanol–water partition coefficient (Wildman–Crippen LogP) is 1.24. The summed E-state index contributed by atoms with van der Waals surface area (Å²) in [6, 6.07) is 18.0. The Kier molecular flexibility index (Phi) is 8.51. The molecule has 2 amide bonds. The molecule has 150 valence electrons. The summed E-state index contributed by atoms with van der Waals surface area (Å²) in [5.41, 5.74) is 1.85. The molecule has 0 saturated heterocycles. The van der Waals surface area contributed by atoms with Gasteiger partial charge in [-0.15, -0.1) is 11.8 Å². The van der Waals surface area contributed by atoms with Crippen LogP contribution in [-0.4, -0.2) is 18.1 Å². The van der Waals surface area contributed by atoms with E-state index in [0.717, 1.165) is 10.6 Å². The Morgan fingerprint density at radius 1 is 0.966 bits per heavy atom. The molecule has 0 unspecified atom stereocenters. The van der Waals surface area contributed by atoms with Gasteiger partial charge in [-0.1, -0.05) is 11.6 Å². The fraction of sp³-hybridized carbons (Fsp3) is 0.0952. The van der Waals surface area contributed by atoms with E-state index >= 15 is 0 Å². The molecule has 0 aliphatic rings. The molecule has 0 spiro atoms. The summed E-state index contributed by atoms with van der Waals surface area (Å²) >= 11 is 7.48. The van der Waals surface area contributed by atoms with Crippen molar-refractivity contribution in [1.82, 2.24) is 0 Å². The lowest BCUT2D eigenvalue weighted by Crippen LogP contribution is -3.00. The van der Waals surface area contributed by atoms with Crippen LogP contribution in [0.15, 0.2) is 78.0 Å². The lowest BCUT2D eigenvalue weighted by Gasteiger charge is -2.06. The summed E-state index contributed by atoms with van der Waals surface area (Å²) in [4.78, 5) is 25.8. The highest BCUT2D eigenvalue weighted by Gasteiger charge is 2.14. The van der Waals surface area contributed by atoms with Crippen molar-refractivity contribution in [3.05, 3.63) is 83.6 Å². The van der Waals surface area contributed by atoms with Gasteiger partial charge in [0.2, 0.25) is 6.54 Å². The van der Waals surface area contributed by atoms with E-state index in [-0.39, 0.29) is 30.8 Å². The van der Waals surface area contributed by atoms with E-state index < -0.39 is 0 Å². The van der Waals surface area contributed by atoms with E-state index in [1.54, 1.807) is 65.1 Å². The average Bonchev–Trinajstić information content (AvgIpc) is 2.70. The zero-order valence-corrected chi connectivity index (χ0v) is 17.9. The third-order valence-electron chi connectivity index (χ3n) is 3.92. The van der Waals surface area contributed by atoms with Crippen molar-refractivity contribution < 1.29 is 26.6 Å². The first-order valence-electron chi connectivity index (χ1n) is 8.53. The number of hydrogen-bond acceptors (Lipinski definition) is 3. The van der Waals surface area contributed by atoms with Crippen LogP contribution in [0.1, 0.15) is 10.4 Å². The molecule has 2 N–H and O–H groups in total. The summed E-state index contributed by atoms with van der Waals surface area (Å²) in [7, 11) is 0. The molecule has 0 atom stereocenters. The molecule has 0 bridgehead atoms. The predicted molar refractivity (Wildman–Crippen MR) is 113 cm³/mol. The number of hydrogen-bond donors (Lipinski definition) is 2. The number of amides is 2. The molecular weight excluding hydrogens is 429 g/mol. The Labute approximate surface area is 184 Å². The number of anilines is 2. The molecule has 0 saturated carbocycles. The van der Waals surface area contributed by atoms with Gasteiger partial charge in [0.15, 0.2) is 12.4 Å². The minimum atomic E-state index is -0.232. The van der Waals surface area contributed by atoms with Crippen molar-refractivity contribution in [3.8, 4) is 0 Å². The van der Waals surface area contributed by atoms with Gasteiger partial charge >= 0.3 is 0 Å². The number of benzene rings is 2. The summed E-state index contributed by atoms with van der Waals surface area (Å²) < 4.78 is 1.66. The minimum Gasteiger partial charge on any atom is -1.00 e. The Bertz CT molecular complexity index is 980. The molecular formula is C21H19Cl2N3O2S. The molecule has 0 aliphatic heterocycles. The molecule has 1 heterocycles. The number of carbonyl (C=O) groups is 2. The molecule has 5 nitrogen and oxygen atoms in total. The van der Waals surface area contributed by atoms with E-state index in [2.05, 4.69) is 10.6 Å². The maximum atomic E-state index is 12.5. The van der Waals surface area contributed by atoms with Gasteiger partial charge in [0.25, 0.3) is 11.8 Å². The van der Waals surface area contributed by atoms with Crippen LogP contribution in [-0.2, 0) is 11.3 Å². The lowest BCUT2D eigenvalue weighted by molar-refractivity contribution is -0.684. The van der Waals surface area contributed by atoms with Crippen molar-refractivity contribution in [2.45, 2.75) is 11.4 Å². The highest BCUT2D eigenvalue weighted by Crippen LogP contribution is 2.18. The third-order valence-corrected chi connectivity index (χ3v) is 4.92. The van der Waals surface area contributed by atoms with E-state index in [1.807, 2.05) is 30.5 Å². The van der Waals surface area contributed by atoms with Crippen molar-refractivity contribution in [2.24, 2.45) is 0 Å². The maximum Gasteiger partial charge on any atom is 0.290 e. The zero-order valence-electron chi connectivity index (χ0n) is 15.6. The SMILES string of the molecule is CSc1ccc(NC(=O)c2ccc[n+](CC(=O)Nc3ccc(Cl)cc3)c2)cc1.[Cl-]. The van der Waals surface area contributed by atoms with Crippen LogP contribution in [0.5, 0.6) is 0 Å². The molecule has 8 heteroatoms. The van der Waals surface area contributed by atoms with Gasteiger partial charge in [-0.2, -0.15) is 4.57 Å². The molecule has 0 fully saturated rings. The van der Waals surface area contributed by atoms with Crippen molar-refractivity contribution in [3.63, 3.8) is 0 Å². The first-order chi connectivity index (χ1) is 13.5. The summed E-state index contributed by atoms with van der Waals surface area (Å²) in [6.45, 7) is 0.0895. The first-order valence-corrected chi connectivity index (χ1v) is 10.1. The topological polar surface area (TPSA) is 62.1 Å². The second-order valence-electron chi connectivity index (χ2n) is 6.00. The van der Waals surface area contributed by atoms with Gasteiger partial charge in [0, 0.05) is 27.4 Å². The molecule has 2 aromatic carbocycles. The zero-order chi connectivity index (χ0) is 19.9. The van der Waals surface area contributed by atoms with E-state index in [9.17, 15) is 9.59 Å². The van der Waals surface area contributed by atoms with Crippen LogP contribution >= 0.6 is 23.4 Å². The fourth-order valence-electron chi connectivity index (χ4n) is 2.53. The van der Waals surface area contributed by atoms with Gasteiger partial charge < -0.3 is 23.0 Å². The van der Waals surface area contributed by atoms with Gasteiger partial charge in [0.05, 0.1) is 0 Å². The van der Waals surface area contributed by atoms with Gasteiger partial charge in [0.1, 0.15) is 5.56 Å². The van der Waals surface area contributed by atoms with Gasteiger partial charge in [-0.25, -0.2) is 0 Å². The molecule has 3 aromatic rings. The molecule has 3 rings (SSSR count). The van der Waals surface area contributed by atoms with Crippen molar-refractivity contribution in [2.75, 3.05) is 16.9 Å². The summed E-state index contributed by atoms with van der Waals surface area (Å²) in [5, 5.41) is 6.26.